The third-order valence-electron chi connectivity index (χ3n) is 7.28. The van der Waals surface area contributed by atoms with Crippen LogP contribution in [0, 0.1) is 5.82 Å². The Morgan fingerprint density at radius 3 is 2.81 bits per heavy atom. The quantitative estimate of drug-likeness (QED) is 0.373. The zero-order valence-electron chi connectivity index (χ0n) is 20.3. The minimum absolute atomic E-state index is 0.0224. The molecular formula is C27H28ClFN4O4. The van der Waals surface area contributed by atoms with Gasteiger partial charge in [-0.2, -0.15) is 0 Å². The van der Waals surface area contributed by atoms with Gasteiger partial charge >= 0.3 is 0 Å². The molecule has 0 aliphatic carbocycles. The summed E-state index contributed by atoms with van der Waals surface area (Å²) >= 11 is 6.28. The SMILES string of the molecule is O=C(NCCN1CCCC1)c1cn2c3c(c(NCC4CCCO4)c(F)cc3c1=O)Oc1ccc(Cl)cc1-2. The first-order chi connectivity index (χ1) is 18.0. The Morgan fingerprint density at radius 1 is 1.19 bits per heavy atom. The number of hydrogen-bond donors (Lipinski definition) is 2. The molecule has 0 saturated carbocycles. The van der Waals surface area contributed by atoms with Gasteiger partial charge in [-0.1, -0.05) is 11.6 Å². The molecule has 10 heteroatoms. The second kappa shape index (κ2) is 9.96. The summed E-state index contributed by atoms with van der Waals surface area (Å²) < 4.78 is 29.0. The predicted octanol–water partition coefficient (Wildman–Crippen LogP) is 4.31. The molecule has 1 unspecified atom stereocenters. The van der Waals surface area contributed by atoms with E-state index in [1.54, 1.807) is 22.8 Å². The molecule has 1 atom stereocenters. The van der Waals surface area contributed by atoms with E-state index >= 15 is 4.39 Å². The molecule has 2 aromatic carbocycles. The van der Waals surface area contributed by atoms with Gasteiger partial charge in [0.15, 0.2) is 17.3 Å². The highest BCUT2D eigenvalue weighted by molar-refractivity contribution is 6.30. The number of halogens is 2. The smallest absolute Gasteiger partial charge is 0.256 e. The van der Waals surface area contributed by atoms with Gasteiger partial charge in [0.05, 0.1) is 17.2 Å². The van der Waals surface area contributed by atoms with E-state index in [0.29, 0.717) is 41.7 Å². The minimum atomic E-state index is -0.631. The third kappa shape index (κ3) is 4.56. The molecule has 0 spiro atoms. The Kier molecular flexibility index (Phi) is 6.52. The van der Waals surface area contributed by atoms with E-state index in [9.17, 15) is 9.59 Å². The van der Waals surface area contributed by atoms with Crippen LogP contribution in [0.1, 0.15) is 36.0 Å². The van der Waals surface area contributed by atoms with Crippen LogP contribution in [0.2, 0.25) is 5.02 Å². The molecule has 3 aliphatic rings. The molecule has 6 rings (SSSR count). The highest BCUT2D eigenvalue weighted by Crippen LogP contribution is 2.45. The van der Waals surface area contributed by atoms with E-state index in [1.807, 2.05) is 0 Å². The van der Waals surface area contributed by atoms with Crippen molar-refractivity contribution in [1.82, 2.24) is 14.8 Å². The van der Waals surface area contributed by atoms with Crippen LogP contribution in [-0.4, -0.2) is 60.8 Å². The number of carbonyl (C=O) groups excluding carboxylic acids is 1. The fraction of sp³-hybridized carbons (Fsp3) is 0.407. The number of fused-ring (bicyclic) bond motifs is 2. The number of nitrogens with one attached hydrogen (secondary N) is 2. The van der Waals surface area contributed by atoms with E-state index in [4.69, 9.17) is 21.1 Å². The topological polar surface area (TPSA) is 84.8 Å². The summed E-state index contributed by atoms with van der Waals surface area (Å²) in [6.45, 7) is 4.27. The normalized spacial score (nSPS) is 18.6. The Labute approximate surface area is 218 Å². The van der Waals surface area contributed by atoms with Crippen molar-refractivity contribution in [2.75, 3.05) is 44.6 Å². The molecule has 194 valence electrons. The summed E-state index contributed by atoms with van der Waals surface area (Å²) in [6, 6.07) is 6.24. The molecule has 3 aromatic rings. The van der Waals surface area contributed by atoms with E-state index < -0.39 is 17.2 Å². The number of rotatable bonds is 7. The van der Waals surface area contributed by atoms with Crippen molar-refractivity contribution in [3.8, 4) is 17.2 Å². The van der Waals surface area contributed by atoms with Crippen LogP contribution in [0.4, 0.5) is 10.1 Å². The van der Waals surface area contributed by atoms with Crippen LogP contribution in [-0.2, 0) is 4.74 Å². The zero-order chi connectivity index (χ0) is 25.5. The Morgan fingerprint density at radius 2 is 2.03 bits per heavy atom. The second-order valence-corrected chi connectivity index (χ2v) is 10.2. The Hall–Kier alpha value is -3.14. The van der Waals surface area contributed by atoms with Gasteiger partial charge in [0.25, 0.3) is 5.91 Å². The lowest BCUT2D eigenvalue weighted by atomic mass is 10.1. The summed E-state index contributed by atoms with van der Waals surface area (Å²) in [6.07, 6.45) is 5.65. The summed E-state index contributed by atoms with van der Waals surface area (Å²) in [5.41, 5.74) is 0.481. The molecular weight excluding hydrogens is 499 g/mol. The molecule has 4 heterocycles. The summed E-state index contributed by atoms with van der Waals surface area (Å²) in [4.78, 5) is 28.9. The van der Waals surface area contributed by atoms with E-state index in [2.05, 4.69) is 15.5 Å². The van der Waals surface area contributed by atoms with Crippen LogP contribution in [0.15, 0.2) is 35.3 Å². The molecule has 37 heavy (non-hydrogen) atoms. The third-order valence-corrected chi connectivity index (χ3v) is 7.51. The molecule has 0 bridgehead atoms. The molecule has 2 fully saturated rings. The summed E-state index contributed by atoms with van der Waals surface area (Å²) in [7, 11) is 0. The Balaban J connectivity index is 1.42. The number of hydrogen-bond acceptors (Lipinski definition) is 6. The van der Waals surface area contributed by atoms with Crippen molar-refractivity contribution >= 4 is 34.1 Å². The van der Waals surface area contributed by atoms with Crippen molar-refractivity contribution in [2.45, 2.75) is 31.8 Å². The lowest BCUT2D eigenvalue weighted by Gasteiger charge is -2.26. The van der Waals surface area contributed by atoms with Crippen LogP contribution in [0.5, 0.6) is 11.5 Å². The van der Waals surface area contributed by atoms with E-state index in [0.717, 1.165) is 45.3 Å². The zero-order valence-corrected chi connectivity index (χ0v) is 21.1. The fourth-order valence-corrected chi connectivity index (χ4v) is 5.53. The number of anilines is 1. The van der Waals surface area contributed by atoms with Crippen LogP contribution >= 0.6 is 11.6 Å². The van der Waals surface area contributed by atoms with Crippen molar-refractivity contribution in [1.29, 1.82) is 0 Å². The standard InChI is InChI=1S/C27H28ClFN4O4/c28-16-5-6-22-21(12-16)33-15-19(27(35)30-7-10-32-8-1-2-9-32)25(34)18-13-20(29)23(26(37-22)24(18)33)31-14-17-4-3-11-36-17/h5-6,12-13,15,17,31H,1-4,7-11,14H2,(H,30,35). The average molecular weight is 527 g/mol. The van der Waals surface area contributed by atoms with Gasteiger partial charge in [-0.15, -0.1) is 0 Å². The lowest BCUT2D eigenvalue weighted by molar-refractivity contribution is 0.0948. The number of amides is 1. The van der Waals surface area contributed by atoms with Crippen molar-refractivity contribution in [3.05, 3.63) is 57.1 Å². The van der Waals surface area contributed by atoms with Gasteiger partial charge in [-0.05, 0) is 63.0 Å². The van der Waals surface area contributed by atoms with Gasteiger partial charge in [0.2, 0.25) is 5.43 Å². The maximum absolute atomic E-state index is 15.5. The minimum Gasteiger partial charge on any atom is -0.451 e. The van der Waals surface area contributed by atoms with Gasteiger partial charge < -0.3 is 29.6 Å². The molecule has 1 amide bonds. The molecule has 2 saturated heterocycles. The maximum Gasteiger partial charge on any atom is 0.256 e. The van der Waals surface area contributed by atoms with Crippen LogP contribution in [0.3, 0.4) is 0 Å². The molecule has 8 nitrogen and oxygen atoms in total. The number of benzene rings is 2. The monoisotopic (exact) mass is 526 g/mol. The second-order valence-electron chi connectivity index (χ2n) is 9.74. The van der Waals surface area contributed by atoms with Gasteiger partial charge in [-0.3, -0.25) is 9.59 Å². The van der Waals surface area contributed by atoms with Crippen molar-refractivity contribution in [2.24, 2.45) is 0 Å². The number of pyridine rings is 1. The first-order valence-electron chi connectivity index (χ1n) is 12.8. The number of likely N-dealkylation sites (tertiary alicyclic amines) is 1. The first-order valence-corrected chi connectivity index (χ1v) is 13.1. The Bertz CT molecular complexity index is 1430. The molecule has 0 radical (unpaired) electrons. The largest absolute Gasteiger partial charge is 0.451 e. The van der Waals surface area contributed by atoms with Gasteiger partial charge in [-0.25, -0.2) is 4.39 Å². The van der Waals surface area contributed by atoms with E-state index in [1.165, 1.54) is 12.3 Å². The van der Waals surface area contributed by atoms with E-state index in [-0.39, 0.29) is 28.5 Å². The van der Waals surface area contributed by atoms with Gasteiger partial charge in [0, 0.05) is 37.5 Å². The fourth-order valence-electron chi connectivity index (χ4n) is 5.37. The van der Waals surface area contributed by atoms with Gasteiger partial charge in [0.1, 0.15) is 16.8 Å². The van der Waals surface area contributed by atoms with Crippen molar-refractivity contribution < 1.29 is 18.7 Å². The van der Waals surface area contributed by atoms with Crippen LogP contribution in [0.25, 0.3) is 16.6 Å². The summed E-state index contributed by atoms with van der Waals surface area (Å²) in [5, 5.41) is 6.52. The summed E-state index contributed by atoms with van der Waals surface area (Å²) in [5.74, 6) is -0.491. The van der Waals surface area contributed by atoms with Crippen molar-refractivity contribution in [3.63, 3.8) is 0 Å². The average Bonchev–Trinajstić information content (AvgIpc) is 3.60. The number of carbonyl (C=O) groups is 1. The molecule has 3 aliphatic heterocycles. The number of aromatic nitrogens is 1. The van der Waals surface area contributed by atoms with Crippen LogP contribution < -0.4 is 20.8 Å². The molecule has 1 aromatic heterocycles. The lowest BCUT2D eigenvalue weighted by Crippen LogP contribution is -2.36. The highest BCUT2D eigenvalue weighted by atomic mass is 35.5. The predicted molar refractivity (Wildman–Crippen MR) is 140 cm³/mol. The first kappa shape index (κ1) is 24.2. The number of nitrogens with zero attached hydrogens (tertiary/aromatic N) is 2. The number of ether oxygens (including phenoxy) is 2. The maximum atomic E-state index is 15.5. The molecule has 2 N–H and O–H groups in total. The highest BCUT2D eigenvalue weighted by Gasteiger charge is 2.29.